The van der Waals surface area contributed by atoms with Crippen molar-refractivity contribution in [2.24, 2.45) is 5.92 Å². The number of likely N-dealkylation sites (tertiary alicyclic amines) is 1. The van der Waals surface area contributed by atoms with Crippen LogP contribution in [0.3, 0.4) is 0 Å². The van der Waals surface area contributed by atoms with Crippen molar-refractivity contribution in [3.05, 3.63) is 51.7 Å². The van der Waals surface area contributed by atoms with Gasteiger partial charge in [-0.2, -0.15) is 0 Å². The van der Waals surface area contributed by atoms with Crippen molar-refractivity contribution in [2.75, 3.05) is 26.3 Å². The first-order chi connectivity index (χ1) is 14.9. The lowest BCUT2D eigenvalue weighted by atomic mass is 10.1. The smallest absolute Gasteiger partial charge is 0.331 e. The van der Waals surface area contributed by atoms with Crippen LogP contribution >= 0.6 is 11.9 Å². The van der Waals surface area contributed by atoms with E-state index < -0.39 is 0 Å². The second kappa shape index (κ2) is 7.65. The number of hydrogen-bond acceptors (Lipinski definition) is 6. The van der Waals surface area contributed by atoms with Gasteiger partial charge in [0.05, 0.1) is 30.2 Å². The number of ether oxygens (including phenoxy) is 1. The van der Waals surface area contributed by atoms with Crippen LogP contribution in [-0.2, 0) is 16.1 Å². The molecule has 2 aliphatic heterocycles. The van der Waals surface area contributed by atoms with E-state index in [1.807, 2.05) is 18.2 Å². The molecule has 0 atom stereocenters. The molecule has 1 aromatic carbocycles. The van der Waals surface area contributed by atoms with Crippen LogP contribution in [0, 0.1) is 5.92 Å². The fourth-order valence-electron chi connectivity index (χ4n) is 3.98. The summed E-state index contributed by atoms with van der Waals surface area (Å²) in [7, 11) is 0. The first-order valence-electron chi connectivity index (χ1n) is 10.6. The van der Waals surface area contributed by atoms with Crippen LogP contribution in [-0.4, -0.2) is 51.8 Å². The van der Waals surface area contributed by atoms with Gasteiger partial charge in [-0.05, 0) is 56.0 Å². The Morgan fingerprint density at radius 2 is 2.06 bits per heavy atom. The number of fused-ring (bicyclic) bond motifs is 1. The molecular formula is C22H26N4O4S. The predicted octanol–water partition coefficient (Wildman–Crippen LogP) is 1.53. The molecule has 3 fully saturated rings. The third kappa shape index (κ3) is 3.75. The Bertz CT molecular complexity index is 1170. The summed E-state index contributed by atoms with van der Waals surface area (Å²) in [6.07, 6.45) is 3.54. The van der Waals surface area contributed by atoms with Gasteiger partial charge in [0.2, 0.25) is 5.91 Å². The monoisotopic (exact) mass is 442 g/mol. The van der Waals surface area contributed by atoms with Gasteiger partial charge in [0.25, 0.3) is 5.56 Å². The highest BCUT2D eigenvalue weighted by Crippen LogP contribution is 2.37. The zero-order valence-electron chi connectivity index (χ0n) is 17.5. The molecule has 3 heterocycles. The third-order valence-electron chi connectivity index (χ3n) is 6.42. The average Bonchev–Trinajstić information content (AvgIpc) is 3.43. The molecule has 0 bridgehead atoms. The molecule has 0 radical (unpaired) electrons. The standard InChI is InChI=1S/C22H26N4O4S/c1-3-19(27)24-10-15(11-24)26-20(28)17-8-16(31-23-22(2)6-7-22)4-5-18(17)25(21(26)29)9-14-12-30-13-14/h3-5,8,14-15,23H,1,6-7,9-13H2,2H3. The van der Waals surface area contributed by atoms with E-state index in [4.69, 9.17) is 4.74 Å². The van der Waals surface area contributed by atoms with E-state index in [9.17, 15) is 14.4 Å². The summed E-state index contributed by atoms with van der Waals surface area (Å²) in [5.41, 5.74) is 0.204. The van der Waals surface area contributed by atoms with Gasteiger partial charge in [-0.3, -0.25) is 23.4 Å². The van der Waals surface area contributed by atoms with Crippen LogP contribution in [0.25, 0.3) is 10.9 Å². The molecular weight excluding hydrogens is 416 g/mol. The Balaban J connectivity index is 1.54. The number of benzene rings is 1. The number of rotatable bonds is 7. The SMILES string of the molecule is C=CC(=O)N1CC(n2c(=O)c3cc(SNC4(C)CC4)ccc3n(CC3COC3)c2=O)C1. The van der Waals surface area contributed by atoms with Gasteiger partial charge in [-0.15, -0.1) is 0 Å². The van der Waals surface area contributed by atoms with Crippen molar-refractivity contribution in [2.45, 2.75) is 42.8 Å². The topological polar surface area (TPSA) is 85.6 Å². The molecule has 1 aromatic heterocycles. The summed E-state index contributed by atoms with van der Waals surface area (Å²) in [6, 6.07) is 5.37. The fraction of sp³-hybridized carbons (Fsp3) is 0.500. The first kappa shape index (κ1) is 20.5. The first-order valence-corrected chi connectivity index (χ1v) is 11.4. The summed E-state index contributed by atoms with van der Waals surface area (Å²) < 4.78 is 11.8. The largest absolute Gasteiger partial charge is 0.381 e. The average molecular weight is 443 g/mol. The van der Waals surface area contributed by atoms with Crippen molar-refractivity contribution in [3.63, 3.8) is 0 Å². The maximum Gasteiger partial charge on any atom is 0.331 e. The quantitative estimate of drug-likeness (QED) is 0.517. The molecule has 2 aromatic rings. The second-order valence-electron chi connectivity index (χ2n) is 9.02. The molecule has 2 saturated heterocycles. The van der Waals surface area contributed by atoms with E-state index in [0.29, 0.717) is 43.8 Å². The van der Waals surface area contributed by atoms with E-state index in [-0.39, 0.29) is 34.7 Å². The van der Waals surface area contributed by atoms with Crippen LogP contribution in [0.4, 0.5) is 0 Å². The van der Waals surface area contributed by atoms with Gasteiger partial charge in [0, 0.05) is 36.0 Å². The lowest BCUT2D eigenvalue weighted by Gasteiger charge is -2.39. The van der Waals surface area contributed by atoms with Gasteiger partial charge >= 0.3 is 5.69 Å². The fourth-order valence-corrected chi connectivity index (χ4v) is 4.86. The molecule has 1 saturated carbocycles. The van der Waals surface area contributed by atoms with E-state index in [2.05, 4.69) is 18.2 Å². The molecule has 0 unspecified atom stereocenters. The van der Waals surface area contributed by atoms with E-state index >= 15 is 0 Å². The number of carbonyl (C=O) groups excluding carboxylic acids is 1. The summed E-state index contributed by atoms with van der Waals surface area (Å²) in [4.78, 5) is 41.1. The molecule has 3 aliphatic rings. The number of aromatic nitrogens is 2. The van der Waals surface area contributed by atoms with E-state index in [1.165, 1.54) is 22.6 Å². The van der Waals surface area contributed by atoms with Crippen molar-refractivity contribution in [1.29, 1.82) is 0 Å². The summed E-state index contributed by atoms with van der Waals surface area (Å²) >= 11 is 1.52. The highest BCUT2D eigenvalue weighted by atomic mass is 32.2. The summed E-state index contributed by atoms with van der Waals surface area (Å²) in [5.74, 6) is 0.0768. The van der Waals surface area contributed by atoms with Gasteiger partial charge in [0.1, 0.15) is 0 Å². The molecule has 1 N–H and O–H groups in total. The molecule has 0 spiro atoms. The van der Waals surface area contributed by atoms with Crippen LogP contribution in [0.1, 0.15) is 25.8 Å². The molecule has 31 heavy (non-hydrogen) atoms. The number of hydrogen-bond donors (Lipinski definition) is 1. The minimum Gasteiger partial charge on any atom is -0.381 e. The van der Waals surface area contributed by atoms with Crippen LogP contribution < -0.4 is 16.0 Å². The zero-order chi connectivity index (χ0) is 21.8. The van der Waals surface area contributed by atoms with Gasteiger partial charge in [-0.25, -0.2) is 4.79 Å². The highest BCUT2D eigenvalue weighted by molar-refractivity contribution is 7.97. The van der Waals surface area contributed by atoms with Gasteiger partial charge in [0.15, 0.2) is 0 Å². The Hall–Kier alpha value is -2.36. The van der Waals surface area contributed by atoms with E-state index in [1.54, 1.807) is 9.47 Å². The Labute approximate surface area is 184 Å². The van der Waals surface area contributed by atoms with Crippen LogP contribution in [0.5, 0.6) is 0 Å². The normalized spacial score (nSPS) is 20.4. The Kier molecular flexibility index (Phi) is 5.07. The van der Waals surface area contributed by atoms with Gasteiger partial charge < -0.3 is 9.64 Å². The third-order valence-corrected chi connectivity index (χ3v) is 7.51. The van der Waals surface area contributed by atoms with Crippen molar-refractivity contribution in [3.8, 4) is 0 Å². The summed E-state index contributed by atoms with van der Waals surface area (Å²) in [5, 5.41) is 0.529. The number of carbonyl (C=O) groups is 1. The lowest BCUT2D eigenvalue weighted by molar-refractivity contribution is -0.131. The lowest BCUT2D eigenvalue weighted by Crippen LogP contribution is -2.57. The highest BCUT2D eigenvalue weighted by Gasteiger charge is 2.37. The minimum absolute atomic E-state index is 0.163. The maximum atomic E-state index is 13.4. The minimum atomic E-state index is -0.322. The van der Waals surface area contributed by atoms with Crippen molar-refractivity contribution in [1.82, 2.24) is 18.8 Å². The molecule has 164 valence electrons. The van der Waals surface area contributed by atoms with E-state index in [0.717, 1.165) is 17.7 Å². The number of nitrogens with one attached hydrogen (secondary N) is 1. The van der Waals surface area contributed by atoms with Crippen molar-refractivity contribution < 1.29 is 9.53 Å². The van der Waals surface area contributed by atoms with Crippen LogP contribution in [0.15, 0.2) is 45.3 Å². The Morgan fingerprint density at radius 3 is 2.68 bits per heavy atom. The summed E-state index contributed by atoms with van der Waals surface area (Å²) in [6.45, 7) is 8.12. The maximum absolute atomic E-state index is 13.4. The second-order valence-corrected chi connectivity index (χ2v) is 9.90. The van der Waals surface area contributed by atoms with Crippen LogP contribution in [0.2, 0.25) is 0 Å². The Morgan fingerprint density at radius 1 is 1.32 bits per heavy atom. The van der Waals surface area contributed by atoms with Crippen molar-refractivity contribution >= 4 is 28.8 Å². The van der Waals surface area contributed by atoms with Gasteiger partial charge in [-0.1, -0.05) is 6.58 Å². The molecule has 8 nitrogen and oxygen atoms in total. The zero-order valence-corrected chi connectivity index (χ0v) is 18.3. The predicted molar refractivity (Wildman–Crippen MR) is 119 cm³/mol. The molecule has 9 heteroatoms. The number of nitrogens with zero attached hydrogens (tertiary/aromatic N) is 3. The molecule has 1 amide bonds. The molecule has 5 rings (SSSR count). The number of amides is 1. The molecule has 1 aliphatic carbocycles.